The molecule has 7 nitrogen and oxygen atoms in total. The molecular formula is C20H19N5O2. The predicted octanol–water partition coefficient (Wildman–Crippen LogP) is 3.71. The van der Waals surface area contributed by atoms with Gasteiger partial charge in [-0.25, -0.2) is 0 Å². The van der Waals surface area contributed by atoms with Crippen molar-refractivity contribution in [3.8, 4) is 17.1 Å². The number of aromatic nitrogens is 4. The van der Waals surface area contributed by atoms with Crippen LogP contribution in [0.5, 0.6) is 5.75 Å². The van der Waals surface area contributed by atoms with E-state index < -0.39 is 0 Å². The minimum Gasteiger partial charge on any atom is -0.496 e. The number of aryl methyl sites for hydroxylation is 1. The van der Waals surface area contributed by atoms with Gasteiger partial charge in [-0.15, -0.1) is 0 Å². The molecule has 3 aromatic heterocycles. The molecule has 0 unspecified atom stereocenters. The Hall–Kier alpha value is -3.61. The van der Waals surface area contributed by atoms with Gasteiger partial charge in [0.2, 0.25) is 0 Å². The van der Waals surface area contributed by atoms with Gasteiger partial charge in [-0.3, -0.25) is 14.9 Å². The highest BCUT2D eigenvalue weighted by Crippen LogP contribution is 2.33. The van der Waals surface area contributed by atoms with Crippen molar-refractivity contribution in [3.63, 3.8) is 0 Å². The van der Waals surface area contributed by atoms with Crippen LogP contribution in [-0.2, 0) is 6.54 Å². The summed E-state index contributed by atoms with van der Waals surface area (Å²) >= 11 is 0. The topological polar surface area (TPSA) is 84.8 Å². The molecule has 0 aliphatic heterocycles. The maximum absolute atomic E-state index is 12.3. The van der Waals surface area contributed by atoms with Crippen molar-refractivity contribution in [2.24, 2.45) is 0 Å². The van der Waals surface area contributed by atoms with Gasteiger partial charge >= 0.3 is 0 Å². The third kappa shape index (κ3) is 3.03. The molecule has 0 aliphatic carbocycles. The van der Waals surface area contributed by atoms with Crippen molar-refractivity contribution in [2.45, 2.75) is 13.5 Å². The number of fused-ring (bicyclic) bond motifs is 1. The lowest BCUT2D eigenvalue weighted by molar-refractivity contribution is 0.102. The third-order valence-corrected chi connectivity index (χ3v) is 4.48. The fraction of sp³-hybridized carbons (Fsp3) is 0.150. The highest BCUT2D eigenvalue weighted by molar-refractivity contribution is 6.03. The van der Waals surface area contributed by atoms with E-state index in [1.54, 1.807) is 31.6 Å². The molecule has 0 bridgehead atoms. The van der Waals surface area contributed by atoms with Gasteiger partial charge in [0.25, 0.3) is 5.91 Å². The number of carbonyl (C=O) groups excluding carboxylic acids is 1. The number of hydrogen-bond donors (Lipinski definition) is 2. The number of anilines is 1. The summed E-state index contributed by atoms with van der Waals surface area (Å²) in [5.41, 5.74) is 3.42. The fourth-order valence-electron chi connectivity index (χ4n) is 3.21. The summed E-state index contributed by atoms with van der Waals surface area (Å²) in [7, 11) is 1.67. The summed E-state index contributed by atoms with van der Waals surface area (Å²) in [5, 5.41) is 11.1. The second kappa shape index (κ2) is 6.95. The minimum atomic E-state index is -0.229. The van der Waals surface area contributed by atoms with Crippen LogP contribution < -0.4 is 10.1 Å². The first kappa shape index (κ1) is 16.8. The summed E-state index contributed by atoms with van der Waals surface area (Å²) in [6.45, 7) is 2.88. The number of aromatic amines is 1. The molecule has 1 amide bonds. The molecule has 0 atom stereocenters. The average molecular weight is 361 g/mol. The van der Waals surface area contributed by atoms with Crippen LogP contribution >= 0.6 is 0 Å². The van der Waals surface area contributed by atoms with E-state index in [0.29, 0.717) is 11.4 Å². The van der Waals surface area contributed by atoms with Gasteiger partial charge in [0, 0.05) is 36.0 Å². The Morgan fingerprint density at radius 3 is 2.78 bits per heavy atom. The number of H-pyrrole nitrogens is 1. The average Bonchev–Trinajstić information content (AvgIpc) is 3.32. The van der Waals surface area contributed by atoms with Crippen LogP contribution in [0, 0.1) is 0 Å². The van der Waals surface area contributed by atoms with Crippen LogP contribution in [0.15, 0.2) is 54.9 Å². The summed E-state index contributed by atoms with van der Waals surface area (Å²) in [5.74, 6) is 1.06. The Kier molecular flexibility index (Phi) is 4.33. The van der Waals surface area contributed by atoms with Crippen molar-refractivity contribution in [3.05, 3.63) is 60.4 Å². The van der Waals surface area contributed by atoms with E-state index in [0.717, 1.165) is 34.6 Å². The van der Waals surface area contributed by atoms with Crippen LogP contribution in [0.25, 0.3) is 22.3 Å². The molecule has 1 aromatic carbocycles. The Bertz CT molecular complexity index is 1100. The molecular weight excluding hydrogens is 342 g/mol. The molecule has 0 radical (unpaired) electrons. The van der Waals surface area contributed by atoms with Crippen LogP contribution in [-0.4, -0.2) is 32.8 Å². The Morgan fingerprint density at radius 2 is 2.04 bits per heavy atom. The van der Waals surface area contributed by atoms with E-state index in [1.807, 2.05) is 18.2 Å². The number of pyridine rings is 1. The number of amides is 1. The number of rotatable bonds is 5. The molecule has 0 saturated carbocycles. The van der Waals surface area contributed by atoms with Gasteiger partial charge < -0.3 is 14.6 Å². The fourth-order valence-corrected chi connectivity index (χ4v) is 3.21. The zero-order valence-corrected chi connectivity index (χ0v) is 15.1. The maximum atomic E-state index is 12.3. The second-order valence-electron chi connectivity index (χ2n) is 6.02. The normalized spacial score (nSPS) is 10.9. The van der Waals surface area contributed by atoms with E-state index in [1.165, 1.54) is 0 Å². The van der Waals surface area contributed by atoms with E-state index >= 15 is 0 Å². The molecule has 27 heavy (non-hydrogen) atoms. The number of nitrogens with zero attached hydrogens (tertiary/aromatic N) is 3. The second-order valence-corrected chi connectivity index (χ2v) is 6.02. The van der Waals surface area contributed by atoms with Crippen LogP contribution in [0.3, 0.4) is 0 Å². The van der Waals surface area contributed by atoms with Gasteiger partial charge in [-0.05, 0) is 37.3 Å². The Labute approximate surface area is 156 Å². The lowest BCUT2D eigenvalue weighted by Gasteiger charge is -2.06. The largest absolute Gasteiger partial charge is 0.496 e. The van der Waals surface area contributed by atoms with Gasteiger partial charge in [0.15, 0.2) is 5.82 Å². The SMILES string of the molecule is CCn1c(-c2cc(NC(=O)c3ccncc3)n[nH]2)cc2c(OC)cccc21. The number of ether oxygens (including phenoxy) is 1. The molecule has 0 fully saturated rings. The molecule has 4 aromatic rings. The lowest BCUT2D eigenvalue weighted by Crippen LogP contribution is -2.11. The van der Waals surface area contributed by atoms with Crippen molar-refractivity contribution >= 4 is 22.6 Å². The maximum Gasteiger partial charge on any atom is 0.256 e. The first-order chi connectivity index (χ1) is 13.2. The van der Waals surface area contributed by atoms with E-state index in [9.17, 15) is 4.79 Å². The van der Waals surface area contributed by atoms with Gasteiger partial charge in [-0.1, -0.05) is 6.07 Å². The van der Waals surface area contributed by atoms with E-state index in [4.69, 9.17) is 4.74 Å². The summed E-state index contributed by atoms with van der Waals surface area (Å²) in [4.78, 5) is 16.2. The summed E-state index contributed by atoms with van der Waals surface area (Å²) < 4.78 is 7.66. The van der Waals surface area contributed by atoms with Crippen LogP contribution in [0.2, 0.25) is 0 Å². The van der Waals surface area contributed by atoms with Crippen molar-refractivity contribution in [1.29, 1.82) is 0 Å². The van der Waals surface area contributed by atoms with E-state index in [-0.39, 0.29) is 5.91 Å². The number of methoxy groups -OCH3 is 1. The molecule has 3 heterocycles. The molecule has 136 valence electrons. The van der Waals surface area contributed by atoms with Gasteiger partial charge in [0.1, 0.15) is 5.75 Å². The molecule has 0 aliphatic rings. The Balaban J connectivity index is 1.68. The van der Waals surface area contributed by atoms with Crippen molar-refractivity contribution in [1.82, 2.24) is 19.7 Å². The third-order valence-electron chi connectivity index (χ3n) is 4.48. The predicted molar refractivity (Wildman–Crippen MR) is 104 cm³/mol. The van der Waals surface area contributed by atoms with Crippen molar-refractivity contribution < 1.29 is 9.53 Å². The highest BCUT2D eigenvalue weighted by Gasteiger charge is 2.15. The summed E-state index contributed by atoms with van der Waals surface area (Å²) in [6, 6.07) is 13.2. The lowest BCUT2D eigenvalue weighted by atomic mass is 10.2. The zero-order chi connectivity index (χ0) is 18.8. The molecule has 2 N–H and O–H groups in total. The van der Waals surface area contributed by atoms with Gasteiger partial charge in [0.05, 0.1) is 24.0 Å². The zero-order valence-electron chi connectivity index (χ0n) is 15.1. The number of carbonyl (C=O) groups is 1. The first-order valence-corrected chi connectivity index (χ1v) is 8.64. The first-order valence-electron chi connectivity index (χ1n) is 8.64. The van der Waals surface area contributed by atoms with Crippen molar-refractivity contribution in [2.75, 3.05) is 12.4 Å². The number of hydrogen-bond acceptors (Lipinski definition) is 4. The number of benzene rings is 1. The molecule has 7 heteroatoms. The van der Waals surface area contributed by atoms with Crippen LogP contribution in [0.1, 0.15) is 17.3 Å². The smallest absolute Gasteiger partial charge is 0.256 e. The molecule has 4 rings (SSSR count). The summed E-state index contributed by atoms with van der Waals surface area (Å²) in [6.07, 6.45) is 3.16. The number of nitrogens with one attached hydrogen (secondary N) is 2. The Morgan fingerprint density at radius 1 is 1.22 bits per heavy atom. The standard InChI is InChI=1S/C20H19N5O2/c1-3-25-16-5-4-6-18(27-2)14(16)11-17(25)15-12-19(24-23-15)22-20(26)13-7-9-21-10-8-13/h4-12H,3H2,1-2H3,(H2,22,23,24,26). The molecule has 0 spiro atoms. The van der Waals surface area contributed by atoms with Crippen LogP contribution in [0.4, 0.5) is 5.82 Å². The highest BCUT2D eigenvalue weighted by atomic mass is 16.5. The minimum absolute atomic E-state index is 0.229. The quantitative estimate of drug-likeness (QED) is 0.567. The monoisotopic (exact) mass is 361 g/mol. The van der Waals surface area contributed by atoms with E-state index in [2.05, 4.69) is 44.1 Å². The molecule has 0 saturated heterocycles. The van der Waals surface area contributed by atoms with Gasteiger partial charge in [-0.2, -0.15) is 5.10 Å².